The second kappa shape index (κ2) is 8.17. The van der Waals surface area contributed by atoms with E-state index in [1.807, 2.05) is 0 Å². The first kappa shape index (κ1) is 13.0. The maximum atomic E-state index is 5.52. The molecule has 0 saturated carbocycles. The fourth-order valence-electron chi connectivity index (χ4n) is 1.50. The van der Waals surface area contributed by atoms with E-state index < -0.39 is 0 Å². The largest absolute Gasteiger partial charge is 0.383 e. The molecule has 2 heteroatoms. The molecule has 2 nitrogen and oxygen atoms in total. The van der Waals surface area contributed by atoms with Gasteiger partial charge < -0.3 is 10.1 Å². The maximum Gasteiger partial charge on any atom is 0.0639 e. The molecule has 1 aromatic carbocycles. The normalized spacial score (nSPS) is 10.4. The zero-order valence-electron chi connectivity index (χ0n) is 10.5. The van der Waals surface area contributed by atoms with Gasteiger partial charge in [0.05, 0.1) is 6.61 Å². The van der Waals surface area contributed by atoms with Crippen molar-refractivity contribution in [2.24, 2.45) is 0 Å². The third-order valence-electron chi connectivity index (χ3n) is 2.52. The van der Waals surface area contributed by atoms with E-state index in [9.17, 15) is 0 Å². The third kappa shape index (κ3) is 5.76. The fraction of sp³-hybridized carbons (Fsp3) is 0.571. The van der Waals surface area contributed by atoms with E-state index in [0.717, 1.165) is 19.8 Å². The van der Waals surface area contributed by atoms with Crippen LogP contribution in [0.15, 0.2) is 24.3 Å². The topological polar surface area (TPSA) is 21.3 Å². The van der Waals surface area contributed by atoms with Crippen molar-refractivity contribution in [3.63, 3.8) is 0 Å². The van der Waals surface area contributed by atoms with Gasteiger partial charge in [0.25, 0.3) is 0 Å². The maximum absolute atomic E-state index is 5.52. The van der Waals surface area contributed by atoms with Crippen LogP contribution in [0.2, 0.25) is 0 Å². The van der Waals surface area contributed by atoms with Crippen LogP contribution < -0.4 is 5.32 Å². The minimum atomic E-state index is 0.789. The van der Waals surface area contributed by atoms with Crippen LogP contribution in [0.5, 0.6) is 0 Å². The molecule has 0 amide bonds. The Hall–Kier alpha value is -1.02. The van der Waals surface area contributed by atoms with E-state index >= 15 is 0 Å². The van der Waals surface area contributed by atoms with E-state index in [1.165, 1.54) is 30.5 Å². The fourth-order valence-corrected chi connectivity index (χ4v) is 1.50. The Morgan fingerprint density at radius 3 is 2.50 bits per heavy atom. The van der Waals surface area contributed by atoms with Crippen LogP contribution >= 0.6 is 0 Å². The summed E-state index contributed by atoms with van der Waals surface area (Å²) in [5.41, 5.74) is 2.46. The average Bonchev–Trinajstić information content (AvgIpc) is 2.30. The standard InChI is InChI=1S/C14H23NO/c1-3-4-5-11-16-12-10-15-14-8-6-13(2)7-9-14/h6-9,15H,3-5,10-12H2,1-2H3. The SMILES string of the molecule is CCCCCOCCNc1ccc(C)cc1. The number of anilines is 1. The van der Waals surface area contributed by atoms with E-state index in [1.54, 1.807) is 0 Å². The van der Waals surface area contributed by atoms with E-state index in [0.29, 0.717) is 0 Å². The summed E-state index contributed by atoms with van der Waals surface area (Å²) in [6.45, 7) is 6.87. The Kier molecular flexibility index (Phi) is 6.66. The summed E-state index contributed by atoms with van der Waals surface area (Å²) in [5.74, 6) is 0. The van der Waals surface area contributed by atoms with Crippen molar-refractivity contribution in [1.29, 1.82) is 0 Å². The number of rotatable bonds is 8. The predicted molar refractivity (Wildman–Crippen MR) is 70.0 cm³/mol. The smallest absolute Gasteiger partial charge is 0.0639 e. The highest BCUT2D eigenvalue weighted by Crippen LogP contribution is 2.07. The molecule has 0 bridgehead atoms. The molecule has 0 spiro atoms. The lowest BCUT2D eigenvalue weighted by Gasteiger charge is -2.07. The van der Waals surface area contributed by atoms with Gasteiger partial charge in [-0.25, -0.2) is 0 Å². The molecule has 0 radical (unpaired) electrons. The van der Waals surface area contributed by atoms with Gasteiger partial charge in [-0.15, -0.1) is 0 Å². The van der Waals surface area contributed by atoms with Crippen LogP contribution in [0.1, 0.15) is 31.7 Å². The van der Waals surface area contributed by atoms with Crippen molar-refractivity contribution in [3.05, 3.63) is 29.8 Å². The van der Waals surface area contributed by atoms with Crippen LogP contribution in [-0.4, -0.2) is 19.8 Å². The molecule has 16 heavy (non-hydrogen) atoms. The summed E-state index contributed by atoms with van der Waals surface area (Å²) in [6.07, 6.45) is 3.71. The zero-order chi connectivity index (χ0) is 11.6. The van der Waals surface area contributed by atoms with Crippen molar-refractivity contribution in [3.8, 4) is 0 Å². The van der Waals surface area contributed by atoms with Gasteiger partial charge in [0, 0.05) is 18.8 Å². The number of hydrogen-bond donors (Lipinski definition) is 1. The second-order valence-electron chi connectivity index (χ2n) is 4.11. The molecule has 1 N–H and O–H groups in total. The highest BCUT2D eigenvalue weighted by Gasteiger charge is 1.91. The van der Waals surface area contributed by atoms with Gasteiger partial charge in [0.15, 0.2) is 0 Å². The van der Waals surface area contributed by atoms with Crippen molar-refractivity contribution >= 4 is 5.69 Å². The van der Waals surface area contributed by atoms with Crippen LogP contribution in [0, 0.1) is 6.92 Å². The predicted octanol–water partition coefficient (Wildman–Crippen LogP) is 3.61. The number of aryl methyl sites for hydroxylation is 1. The lowest BCUT2D eigenvalue weighted by Crippen LogP contribution is -2.09. The lowest BCUT2D eigenvalue weighted by molar-refractivity contribution is 0.140. The number of benzene rings is 1. The van der Waals surface area contributed by atoms with Crippen molar-refractivity contribution < 1.29 is 4.74 Å². The summed E-state index contributed by atoms with van der Waals surface area (Å²) >= 11 is 0. The molecule has 0 fully saturated rings. The number of hydrogen-bond acceptors (Lipinski definition) is 2. The monoisotopic (exact) mass is 221 g/mol. The third-order valence-corrected chi connectivity index (χ3v) is 2.52. The van der Waals surface area contributed by atoms with Crippen molar-refractivity contribution in [2.75, 3.05) is 25.1 Å². The van der Waals surface area contributed by atoms with Gasteiger partial charge >= 0.3 is 0 Å². The number of ether oxygens (including phenoxy) is 1. The summed E-state index contributed by atoms with van der Waals surface area (Å²) in [5, 5.41) is 3.34. The van der Waals surface area contributed by atoms with Gasteiger partial charge in [-0.05, 0) is 25.5 Å². The van der Waals surface area contributed by atoms with Crippen LogP contribution in [0.25, 0.3) is 0 Å². The van der Waals surface area contributed by atoms with Gasteiger partial charge in [0.1, 0.15) is 0 Å². The van der Waals surface area contributed by atoms with Gasteiger partial charge in [-0.2, -0.15) is 0 Å². The quantitative estimate of drug-likeness (QED) is 0.677. The molecule has 0 saturated heterocycles. The highest BCUT2D eigenvalue weighted by molar-refractivity contribution is 5.44. The van der Waals surface area contributed by atoms with E-state index in [4.69, 9.17) is 4.74 Å². The van der Waals surface area contributed by atoms with Crippen LogP contribution in [-0.2, 0) is 4.74 Å². The molecule has 1 aromatic rings. The van der Waals surface area contributed by atoms with Crippen molar-refractivity contribution in [2.45, 2.75) is 33.1 Å². The first-order valence-electron chi connectivity index (χ1n) is 6.21. The minimum Gasteiger partial charge on any atom is -0.383 e. The molecule has 90 valence electrons. The Balaban J connectivity index is 2.01. The molecule has 0 aliphatic heterocycles. The highest BCUT2D eigenvalue weighted by atomic mass is 16.5. The van der Waals surface area contributed by atoms with E-state index in [2.05, 4.69) is 43.4 Å². The summed E-state index contributed by atoms with van der Waals surface area (Å²) in [6, 6.07) is 8.44. The first-order chi connectivity index (χ1) is 7.83. The Bertz CT molecular complexity index is 269. The number of nitrogens with one attached hydrogen (secondary N) is 1. The minimum absolute atomic E-state index is 0.789. The van der Waals surface area contributed by atoms with Gasteiger partial charge in [-0.1, -0.05) is 37.5 Å². The Morgan fingerprint density at radius 2 is 1.81 bits per heavy atom. The van der Waals surface area contributed by atoms with Crippen molar-refractivity contribution in [1.82, 2.24) is 0 Å². The molecule has 0 aliphatic carbocycles. The van der Waals surface area contributed by atoms with E-state index in [-0.39, 0.29) is 0 Å². The molecule has 0 aliphatic rings. The molecule has 0 atom stereocenters. The summed E-state index contributed by atoms with van der Waals surface area (Å²) in [7, 11) is 0. The summed E-state index contributed by atoms with van der Waals surface area (Å²) in [4.78, 5) is 0. The molecule has 1 rings (SSSR count). The molecular formula is C14H23NO. The second-order valence-corrected chi connectivity index (χ2v) is 4.11. The lowest BCUT2D eigenvalue weighted by atomic mass is 10.2. The number of unbranched alkanes of at least 4 members (excludes halogenated alkanes) is 2. The average molecular weight is 221 g/mol. The first-order valence-corrected chi connectivity index (χ1v) is 6.21. The zero-order valence-corrected chi connectivity index (χ0v) is 10.5. The Labute approximate surface area is 99.0 Å². The molecule has 0 unspecified atom stereocenters. The molecular weight excluding hydrogens is 198 g/mol. The van der Waals surface area contributed by atoms with Gasteiger partial charge in [-0.3, -0.25) is 0 Å². The molecule has 0 aromatic heterocycles. The molecule has 0 heterocycles. The van der Waals surface area contributed by atoms with Crippen LogP contribution in [0.3, 0.4) is 0 Å². The Morgan fingerprint density at radius 1 is 1.06 bits per heavy atom. The van der Waals surface area contributed by atoms with Crippen LogP contribution in [0.4, 0.5) is 5.69 Å². The van der Waals surface area contributed by atoms with Gasteiger partial charge in [0.2, 0.25) is 0 Å². The summed E-state index contributed by atoms with van der Waals surface area (Å²) < 4.78 is 5.52.